The predicted octanol–water partition coefficient (Wildman–Crippen LogP) is 4.44. The largest absolute Gasteiger partial charge is 0.483 e. The van der Waals surface area contributed by atoms with Crippen LogP contribution < -0.4 is 10.1 Å². The Balaban J connectivity index is 2.11. The first kappa shape index (κ1) is 18.7. The van der Waals surface area contributed by atoms with E-state index in [9.17, 15) is 14.9 Å². The Kier molecular flexibility index (Phi) is 5.98. The summed E-state index contributed by atoms with van der Waals surface area (Å²) >= 11 is 5.89. The van der Waals surface area contributed by atoms with Crippen molar-refractivity contribution in [1.82, 2.24) is 0 Å². The van der Waals surface area contributed by atoms with E-state index in [1.807, 2.05) is 13.8 Å². The number of hydrogen-bond acceptors (Lipinski definition) is 4. The number of halogens is 1. The fraction of sp³-hybridized carbons (Fsp3) is 0.278. The maximum absolute atomic E-state index is 12.2. The van der Waals surface area contributed by atoms with E-state index in [4.69, 9.17) is 16.3 Å². The molecule has 0 aromatic heterocycles. The van der Waals surface area contributed by atoms with Crippen LogP contribution in [0.1, 0.15) is 23.6 Å². The normalized spacial score (nSPS) is 10.4. The van der Waals surface area contributed by atoms with Gasteiger partial charge in [-0.15, -0.1) is 0 Å². The van der Waals surface area contributed by atoms with Crippen LogP contribution in [-0.2, 0) is 11.2 Å². The van der Waals surface area contributed by atoms with E-state index in [2.05, 4.69) is 5.32 Å². The number of benzene rings is 2. The summed E-state index contributed by atoms with van der Waals surface area (Å²) in [5, 5.41) is 14.3. The fourth-order valence-electron chi connectivity index (χ4n) is 2.50. The van der Waals surface area contributed by atoms with Gasteiger partial charge < -0.3 is 10.1 Å². The number of rotatable bonds is 6. The molecule has 0 aliphatic rings. The molecule has 2 aromatic rings. The number of nitrogens with one attached hydrogen (secondary N) is 1. The Morgan fingerprint density at radius 3 is 2.56 bits per heavy atom. The molecule has 6 nitrogen and oxygen atoms in total. The number of ether oxygens (including phenoxy) is 1. The van der Waals surface area contributed by atoms with Crippen LogP contribution in [0.3, 0.4) is 0 Å². The van der Waals surface area contributed by atoms with Gasteiger partial charge in [0.1, 0.15) is 5.75 Å². The van der Waals surface area contributed by atoms with Crippen molar-refractivity contribution in [3.05, 3.63) is 62.2 Å². The molecule has 7 heteroatoms. The standard InChI is InChI=1S/C18H19ClN2O4/c1-4-13-9-15(21(23)24)8-12(3)18(13)20-17(22)10-25-16-6-5-14(19)7-11(16)2/h5-9H,4,10H2,1-3H3,(H,20,22). The molecule has 2 aromatic carbocycles. The molecule has 0 aliphatic heterocycles. The summed E-state index contributed by atoms with van der Waals surface area (Å²) in [6.07, 6.45) is 0.565. The quantitative estimate of drug-likeness (QED) is 0.608. The van der Waals surface area contributed by atoms with Gasteiger partial charge in [0.2, 0.25) is 0 Å². The predicted molar refractivity (Wildman–Crippen MR) is 97.5 cm³/mol. The molecule has 0 atom stereocenters. The Morgan fingerprint density at radius 1 is 1.24 bits per heavy atom. The van der Waals surface area contributed by atoms with Crippen molar-refractivity contribution < 1.29 is 14.5 Å². The first-order valence-electron chi connectivity index (χ1n) is 7.78. The molecule has 0 fully saturated rings. The number of nitrogens with zero attached hydrogens (tertiary/aromatic N) is 1. The molecule has 0 bridgehead atoms. The van der Waals surface area contributed by atoms with Gasteiger partial charge in [-0.2, -0.15) is 0 Å². The number of hydrogen-bond donors (Lipinski definition) is 1. The zero-order chi connectivity index (χ0) is 18.6. The van der Waals surface area contributed by atoms with E-state index in [1.54, 1.807) is 25.1 Å². The van der Waals surface area contributed by atoms with Crippen molar-refractivity contribution in [2.45, 2.75) is 27.2 Å². The Morgan fingerprint density at radius 2 is 1.96 bits per heavy atom. The van der Waals surface area contributed by atoms with E-state index in [0.29, 0.717) is 34.0 Å². The van der Waals surface area contributed by atoms with Crippen LogP contribution >= 0.6 is 11.6 Å². The summed E-state index contributed by atoms with van der Waals surface area (Å²) in [5.74, 6) is 0.247. The highest BCUT2D eigenvalue weighted by Gasteiger charge is 2.15. The second-order valence-electron chi connectivity index (χ2n) is 5.65. The van der Waals surface area contributed by atoms with Crippen LogP contribution in [0.5, 0.6) is 5.75 Å². The van der Waals surface area contributed by atoms with E-state index < -0.39 is 4.92 Å². The molecule has 0 radical (unpaired) electrons. The lowest BCUT2D eigenvalue weighted by molar-refractivity contribution is -0.384. The summed E-state index contributed by atoms with van der Waals surface area (Å²) in [6.45, 7) is 5.28. The van der Waals surface area contributed by atoms with Crippen molar-refractivity contribution in [3.63, 3.8) is 0 Å². The molecule has 0 spiro atoms. The number of nitro benzene ring substituents is 1. The molecule has 0 aliphatic carbocycles. The number of carbonyl (C=O) groups excluding carboxylic acids is 1. The molecule has 132 valence electrons. The average molecular weight is 363 g/mol. The van der Waals surface area contributed by atoms with Crippen molar-refractivity contribution >= 4 is 28.9 Å². The van der Waals surface area contributed by atoms with Gasteiger partial charge in [0.05, 0.1) is 4.92 Å². The molecule has 1 amide bonds. The lowest BCUT2D eigenvalue weighted by Crippen LogP contribution is -2.21. The number of aryl methyl sites for hydroxylation is 3. The highest BCUT2D eigenvalue weighted by molar-refractivity contribution is 6.30. The van der Waals surface area contributed by atoms with Crippen molar-refractivity contribution in [2.24, 2.45) is 0 Å². The molecule has 1 N–H and O–H groups in total. The van der Waals surface area contributed by atoms with Gasteiger partial charge in [-0.1, -0.05) is 18.5 Å². The number of nitro groups is 1. The van der Waals surface area contributed by atoms with Gasteiger partial charge in [0.25, 0.3) is 11.6 Å². The second kappa shape index (κ2) is 7.98. The molecule has 2 rings (SSSR count). The molecule has 0 heterocycles. The summed E-state index contributed by atoms with van der Waals surface area (Å²) in [6, 6.07) is 8.08. The summed E-state index contributed by atoms with van der Waals surface area (Å²) in [5.41, 5.74) is 2.79. The van der Waals surface area contributed by atoms with Crippen LogP contribution in [0.15, 0.2) is 30.3 Å². The number of carbonyl (C=O) groups is 1. The monoisotopic (exact) mass is 362 g/mol. The number of amides is 1. The molecular weight excluding hydrogens is 344 g/mol. The zero-order valence-electron chi connectivity index (χ0n) is 14.3. The average Bonchev–Trinajstić information content (AvgIpc) is 2.55. The highest BCUT2D eigenvalue weighted by Crippen LogP contribution is 2.27. The first-order chi connectivity index (χ1) is 11.8. The van der Waals surface area contributed by atoms with E-state index >= 15 is 0 Å². The molecule has 0 unspecified atom stereocenters. The van der Waals surface area contributed by atoms with Gasteiger partial charge in [-0.05, 0) is 55.2 Å². The smallest absolute Gasteiger partial charge is 0.270 e. The Bertz CT molecular complexity index is 821. The van der Waals surface area contributed by atoms with E-state index in [0.717, 1.165) is 5.56 Å². The maximum Gasteiger partial charge on any atom is 0.270 e. The van der Waals surface area contributed by atoms with Crippen molar-refractivity contribution in [3.8, 4) is 5.75 Å². The zero-order valence-corrected chi connectivity index (χ0v) is 15.0. The fourth-order valence-corrected chi connectivity index (χ4v) is 2.72. The SMILES string of the molecule is CCc1cc([N+](=O)[O-])cc(C)c1NC(=O)COc1ccc(Cl)cc1C. The highest BCUT2D eigenvalue weighted by atomic mass is 35.5. The van der Waals surface area contributed by atoms with Gasteiger partial charge in [0, 0.05) is 22.8 Å². The lowest BCUT2D eigenvalue weighted by atomic mass is 10.0. The van der Waals surface area contributed by atoms with Crippen LogP contribution in [0, 0.1) is 24.0 Å². The minimum absolute atomic E-state index is 0.0142. The van der Waals surface area contributed by atoms with Crippen molar-refractivity contribution in [1.29, 1.82) is 0 Å². The molecule has 0 saturated heterocycles. The van der Waals surface area contributed by atoms with Crippen LogP contribution in [-0.4, -0.2) is 17.4 Å². The molecule has 0 saturated carbocycles. The van der Waals surface area contributed by atoms with Gasteiger partial charge in [-0.3, -0.25) is 14.9 Å². The minimum Gasteiger partial charge on any atom is -0.483 e. The second-order valence-corrected chi connectivity index (χ2v) is 6.09. The van der Waals surface area contributed by atoms with Crippen LogP contribution in [0.4, 0.5) is 11.4 Å². The van der Waals surface area contributed by atoms with Crippen LogP contribution in [0.25, 0.3) is 0 Å². The molecular formula is C18H19ClN2O4. The summed E-state index contributed by atoms with van der Waals surface area (Å²) in [7, 11) is 0. The van der Waals surface area contributed by atoms with Crippen LogP contribution in [0.2, 0.25) is 5.02 Å². The maximum atomic E-state index is 12.2. The van der Waals surface area contributed by atoms with Gasteiger partial charge >= 0.3 is 0 Å². The summed E-state index contributed by atoms with van der Waals surface area (Å²) < 4.78 is 5.52. The Labute approximate surface area is 150 Å². The van der Waals surface area contributed by atoms with E-state index in [-0.39, 0.29) is 18.2 Å². The summed E-state index contributed by atoms with van der Waals surface area (Å²) in [4.78, 5) is 22.7. The lowest BCUT2D eigenvalue weighted by Gasteiger charge is -2.14. The first-order valence-corrected chi connectivity index (χ1v) is 8.16. The third-order valence-corrected chi connectivity index (χ3v) is 3.99. The minimum atomic E-state index is -0.440. The topological polar surface area (TPSA) is 81.5 Å². The third kappa shape index (κ3) is 4.70. The number of anilines is 1. The van der Waals surface area contributed by atoms with Gasteiger partial charge in [0.15, 0.2) is 6.61 Å². The van der Waals surface area contributed by atoms with Gasteiger partial charge in [-0.25, -0.2) is 0 Å². The van der Waals surface area contributed by atoms with E-state index in [1.165, 1.54) is 12.1 Å². The van der Waals surface area contributed by atoms with Crippen molar-refractivity contribution in [2.75, 3.05) is 11.9 Å². The molecule has 25 heavy (non-hydrogen) atoms. The third-order valence-electron chi connectivity index (χ3n) is 3.75. The Hall–Kier alpha value is -2.60. The number of non-ortho nitro benzene ring substituents is 1.